The van der Waals surface area contributed by atoms with Gasteiger partial charge in [-0.3, -0.25) is 0 Å². The number of fused-ring (bicyclic) bond motifs is 1. The molecule has 1 aliphatic heterocycles. The molecule has 7 nitrogen and oxygen atoms in total. The lowest BCUT2D eigenvalue weighted by molar-refractivity contribution is 0.0293. The van der Waals surface area contributed by atoms with Crippen LogP contribution in [0.1, 0.15) is 27.2 Å². The maximum atomic E-state index is 12.4. The summed E-state index contributed by atoms with van der Waals surface area (Å²) in [6, 6.07) is 12.9. The van der Waals surface area contributed by atoms with E-state index in [4.69, 9.17) is 9.72 Å². The molecule has 2 N–H and O–H groups in total. The number of aromatic nitrogens is 2. The molecule has 1 aromatic heterocycles. The number of ether oxygens (including phenoxy) is 1. The summed E-state index contributed by atoms with van der Waals surface area (Å²) < 4.78 is 6.32. The summed E-state index contributed by atoms with van der Waals surface area (Å²) >= 11 is 3.44. The zero-order chi connectivity index (χ0) is 22.2. The second-order valence-electron chi connectivity index (χ2n) is 8.63. The van der Waals surface area contributed by atoms with Crippen LogP contribution < -0.4 is 5.32 Å². The van der Waals surface area contributed by atoms with Crippen molar-refractivity contribution in [1.82, 2.24) is 14.9 Å². The zero-order valence-electron chi connectivity index (χ0n) is 17.7. The van der Waals surface area contributed by atoms with E-state index in [1.165, 1.54) is 0 Å². The monoisotopic (exact) mass is 484 g/mol. The summed E-state index contributed by atoms with van der Waals surface area (Å²) in [5, 5.41) is 14.7. The summed E-state index contributed by atoms with van der Waals surface area (Å²) in [7, 11) is 0. The van der Waals surface area contributed by atoms with Crippen LogP contribution in [-0.4, -0.2) is 50.8 Å². The maximum absolute atomic E-state index is 12.4. The Hall–Kier alpha value is -2.87. The number of hydrogen-bond acceptors (Lipinski definition) is 6. The van der Waals surface area contributed by atoms with E-state index in [9.17, 15) is 9.90 Å². The van der Waals surface area contributed by atoms with Crippen LogP contribution in [0.5, 0.6) is 5.75 Å². The summed E-state index contributed by atoms with van der Waals surface area (Å²) in [6.45, 7) is 6.74. The second-order valence-corrected chi connectivity index (χ2v) is 9.55. The number of hydrogen-bond donors (Lipinski definition) is 2. The number of halogens is 1. The molecule has 31 heavy (non-hydrogen) atoms. The van der Waals surface area contributed by atoms with Crippen LogP contribution in [0.15, 0.2) is 46.9 Å². The van der Waals surface area contributed by atoms with Gasteiger partial charge in [0.25, 0.3) is 0 Å². The molecule has 8 heteroatoms. The van der Waals surface area contributed by atoms with Crippen LogP contribution in [0.4, 0.5) is 10.6 Å². The quantitative estimate of drug-likeness (QED) is 0.531. The van der Waals surface area contributed by atoms with Gasteiger partial charge in [-0.1, -0.05) is 28.1 Å². The first-order chi connectivity index (χ1) is 14.7. The lowest BCUT2D eigenvalue weighted by Gasteiger charge is -2.24. The van der Waals surface area contributed by atoms with E-state index in [0.29, 0.717) is 30.3 Å². The minimum atomic E-state index is -0.522. The number of likely N-dealkylation sites (tertiary alicyclic amines) is 1. The zero-order valence-corrected chi connectivity index (χ0v) is 19.3. The van der Waals surface area contributed by atoms with Gasteiger partial charge >= 0.3 is 6.09 Å². The molecule has 2 aromatic carbocycles. The highest BCUT2D eigenvalue weighted by Gasteiger charge is 2.30. The van der Waals surface area contributed by atoms with Crippen molar-refractivity contribution in [2.75, 3.05) is 18.4 Å². The molecule has 0 spiro atoms. The number of phenols is 1. The maximum Gasteiger partial charge on any atom is 0.410 e. The number of para-hydroxylation sites is 1. The van der Waals surface area contributed by atoms with Crippen molar-refractivity contribution in [3.63, 3.8) is 0 Å². The van der Waals surface area contributed by atoms with E-state index in [1.807, 2.05) is 45.0 Å². The molecular formula is C23H25BrN4O3. The number of carbonyl (C=O) groups excluding carboxylic acids is 1. The molecular weight excluding hydrogens is 460 g/mol. The van der Waals surface area contributed by atoms with Crippen molar-refractivity contribution >= 4 is 38.7 Å². The standard InChI is InChI=1S/C23H25BrN4O3/c1-23(2,3)31-22(30)28-11-10-15(13-28)25-20-16-6-4-5-7-18(16)26-21(27-20)17-12-14(24)8-9-19(17)29/h4-9,12,15,29H,10-11,13H2,1-3H3,(H,25,26,27)/t15-/m0/s1. The Morgan fingerprint density at radius 2 is 2.00 bits per heavy atom. The Morgan fingerprint density at radius 3 is 2.77 bits per heavy atom. The fourth-order valence-electron chi connectivity index (χ4n) is 3.56. The number of aromatic hydroxyl groups is 1. The average molecular weight is 485 g/mol. The lowest BCUT2D eigenvalue weighted by atomic mass is 10.1. The topological polar surface area (TPSA) is 87.6 Å². The van der Waals surface area contributed by atoms with Gasteiger partial charge in [-0.15, -0.1) is 0 Å². The van der Waals surface area contributed by atoms with E-state index < -0.39 is 5.60 Å². The molecule has 1 saturated heterocycles. The van der Waals surface area contributed by atoms with Crippen molar-refractivity contribution in [2.24, 2.45) is 0 Å². The van der Waals surface area contributed by atoms with Crippen molar-refractivity contribution in [3.8, 4) is 17.1 Å². The first kappa shape index (κ1) is 21.4. The van der Waals surface area contributed by atoms with Crippen LogP contribution in [0.25, 0.3) is 22.3 Å². The Balaban J connectivity index is 1.62. The number of anilines is 1. The highest BCUT2D eigenvalue weighted by molar-refractivity contribution is 9.10. The average Bonchev–Trinajstić information content (AvgIpc) is 3.17. The third kappa shape index (κ3) is 4.90. The van der Waals surface area contributed by atoms with Crippen molar-refractivity contribution < 1.29 is 14.6 Å². The minimum Gasteiger partial charge on any atom is -0.507 e. The van der Waals surface area contributed by atoms with Crippen LogP contribution in [0, 0.1) is 0 Å². The highest BCUT2D eigenvalue weighted by Crippen LogP contribution is 2.33. The van der Waals surface area contributed by atoms with Crippen molar-refractivity contribution in [3.05, 3.63) is 46.9 Å². The molecule has 1 fully saturated rings. The number of phenolic OH excluding ortho intramolecular Hbond substituents is 1. The van der Waals surface area contributed by atoms with Crippen LogP contribution in [0.2, 0.25) is 0 Å². The molecule has 0 aliphatic carbocycles. The van der Waals surface area contributed by atoms with Gasteiger partial charge in [0.15, 0.2) is 5.82 Å². The Morgan fingerprint density at radius 1 is 1.23 bits per heavy atom. The Labute approximate surface area is 189 Å². The summed E-state index contributed by atoms with van der Waals surface area (Å²) in [5.74, 6) is 1.22. The van der Waals surface area contributed by atoms with E-state index in [1.54, 1.807) is 23.1 Å². The largest absolute Gasteiger partial charge is 0.507 e. The fraction of sp³-hybridized carbons (Fsp3) is 0.348. The molecule has 1 atom stereocenters. The number of carbonyl (C=O) groups is 1. The number of amides is 1. The Bertz CT molecular complexity index is 1130. The molecule has 3 aromatic rings. The van der Waals surface area contributed by atoms with Gasteiger partial charge in [-0.2, -0.15) is 0 Å². The summed E-state index contributed by atoms with van der Waals surface area (Å²) in [4.78, 5) is 23.5. The molecule has 0 radical (unpaired) electrons. The van der Waals surface area contributed by atoms with Crippen LogP contribution in [0.3, 0.4) is 0 Å². The normalized spacial score (nSPS) is 16.5. The second kappa shape index (κ2) is 8.34. The summed E-state index contributed by atoms with van der Waals surface area (Å²) in [5.41, 5.74) is 0.799. The predicted octanol–water partition coefficient (Wildman–Crippen LogP) is 5.19. The molecule has 2 heterocycles. The molecule has 1 amide bonds. The van der Waals surface area contributed by atoms with Gasteiger partial charge in [0.2, 0.25) is 0 Å². The lowest BCUT2D eigenvalue weighted by Crippen LogP contribution is -2.36. The van der Waals surface area contributed by atoms with Gasteiger partial charge in [0, 0.05) is 29.0 Å². The highest BCUT2D eigenvalue weighted by atomic mass is 79.9. The van der Waals surface area contributed by atoms with Gasteiger partial charge in [0.1, 0.15) is 17.2 Å². The van der Waals surface area contributed by atoms with E-state index in [0.717, 1.165) is 21.8 Å². The van der Waals surface area contributed by atoms with Gasteiger partial charge < -0.3 is 20.1 Å². The smallest absolute Gasteiger partial charge is 0.410 e. The number of rotatable bonds is 3. The van der Waals surface area contributed by atoms with Gasteiger partial charge in [-0.25, -0.2) is 14.8 Å². The molecule has 0 unspecified atom stereocenters. The third-order valence-electron chi connectivity index (χ3n) is 4.98. The number of nitrogens with one attached hydrogen (secondary N) is 1. The van der Waals surface area contributed by atoms with Gasteiger partial charge in [-0.05, 0) is 57.5 Å². The third-order valence-corrected chi connectivity index (χ3v) is 5.48. The first-order valence-corrected chi connectivity index (χ1v) is 11.0. The summed E-state index contributed by atoms with van der Waals surface area (Å²) in [6.07, 6.45) is 0.485. The number of nitrogens with zero attached hydrogens (tertiary/aromatic N) is 3. The van der Waals surface area contributed by atoms with E-state index >= 15 is 0 Å². The first-order valence-electron chi connectivity index (χ1n) is 10.2. The molecule has 0 bridgehead atoms. The SMILES string of the molecule is CC(C)(C)OC(=O)N1CC[C@H](Nc2nc(-c3cc(Br)ccc3O)nc3ccccc23)C1. The fourth-order valence-corrected chi connectivity index (χ4v) is 3.92. The van der Waals surface area contributed by atoms with Crippen LogP contribution >= 0.6 is 15.9 Å². The number of benzene rings is 2. The van der Waals surface area contributed by atoms with Gasteiger partial charge in [0.05, 0.1) is 11.1 Å². The molecule has 1 aliphatic rings. The van der Waals surface area contributed by atoms with Crippen molar-refractivity contribution in [2.45, 2.75) is 38.8 Å². The molecule has 0 saturated carbocycles. The molecule has 162 valence electrons. The predicted molar refractivity (Wildman–Crippen MR) is 124 cm³/mol. The minimum absolute atomic E-state index is 0.0368. The van der Waals surface area contributed by atoms with E-state index in [2.05, 4.69) is 26.2 Å². The van der Waals surface area contributed by atoms with E-state index in [-0.39, 0.29) is 17.9 Å². The van der Waals surface area contributed by atoms with Crippen LogP contribution in [-0.2, 0) is 4.74 Å². The molecule has 4 rings (SSSR count). The Kier molecular flexibility index (Phi) is 5.75. The van der Waals surface area contributed by atoms with Crippen molar-refractivity contribution in [1.29, 1.82) is 0 Å².